The number of hydrogen-bond acceptors (Lipinski definition) is 2. The van der Waals surface area contributed by atoms with E-state index < -0.39 is 11.7 Å². The van der Waals surface area contributed by atoms with E-state index in [9.17, 15) is 14.0 Å². The van der Waals surface area contributed by atoms with Gasteiger partial charge in [-0.05, 0) is 18.6 Å². The minimum Gasteiger partial charge on any atom is -0.296 e. The fourth-order valence-electron chi connectivity index (χ4n) is 1.75. The van der Waals surface area contributed by atoms with Crippen molar-refractivity contribution in [2.24, 2.45) is 5.92 Å². The van der Waals surface area contributed by atoms with Gasteiger partial charge < -0.3 is 0 Å². The third-order valence-electron chi connectivity index (χ3n) is 2.58. The van der Waals surface area contributed by atoms with Crippen molar-refractivity contribution in [3.05, 3.63) is 34.6 Å². The van der Waals surface area contributed by atoms with Gasteiger partial charge in [-0.2, -0.15) is 0 Å². The van der Waals surface area contributed by atoms with Crippen molar-refractivity contribution < 1.29 is 14.0 Å². The topological polar surface area (TPSA) is 46.2 Å². The second-order valence-electron chi connectivity index (χ2n) is 3.72. The normalized spacial score (nSPS) is 20.0. The van der Waals surface area contributed by atoms with Crippen molar-refractivity contribution >= 4 is 23.4 Å². The average Bonchev–Trinajstić information content (AvgIpc) is 2.51. The molecule has 3 nitrogen and oxygen atoms in total. The summed E-state index contributed by atoms with van der Waals surface area (Å²) < 4.78 is 13.4. The third-order valence-corrected chi connectivity index (χ3v) is 2.93. The lowest BCUT2D eigenvalue weighted by Crippen LogP contribution is -2.23. The summed E-state index contributed by atoms with van der Waals surface area (Å²) in [4.78, 5) is 22.3. The summed E-state index contributed by atoms with van der Waals surface area (Å²) >= 11 is 5.84. The van der Waals surface area contributed by atoms with E-state index in [1.807, 2.05) is 0 Å². The summed E-state index contributed by atoms with van der Waals surface area (Å²) in [5.74, 6) is -1.63. The van der Waals surface area contributed by atoms with Gasteiger partial charge in [-0.15, -0.1) is 0 Å². The molecule has 1 fully saturated rings. The lowest BCUT2D eigenvalue weighted by molar-refractivity contribution is -0.125. The van der Waals surface area contributed by atoms with Crippen molar-refractivity contribution in [3.63, 3.8) is 0 Å². The predicted octanol–water partition coefficient (Wildman–Crippen LogP) is 1.68. The van der Waals surface area contributed by atoms with E-state index in [0.717, 1.165) is 0 Å². The zero-order chi connectivity index (χ0) is 11.7. The number of benzene rings is 1. The first-order valence-corrected chi connectivity index (χ1v) is 5.22. The molecule has 1 heterocycles. The van der Waals surface area contributed by atoms with Crippen LogP contribution in [-0.4, -0.2) is 11.8 Å². The number of nitrogens with one attached hydrogen (secondary N) is 1. The molecule has 16 heavy (non-hydrogen) atoms. The number of carbonyl (C=O) groups excluding carboxylic acids is 2. The van der Waals surface area contributed by atoms with Gasteiger partial charge in [0, 0.05) is 17.0 Å². The molecular formula is C11H9ClFNO2. The van der Waals surface area contributed by atoms with E-state index in [1.165, 1.54) is 12.1 Å². The minimum absolute atomic E-state index is 0.101. The first kappa shape index (κ1) is 11.1. The third kappa shape index (κ3) is 2.07. The summed E-state index contributed by atoms with van der Waals surface area (Å²) in [5, 5.41) is 2.47. The largest absolute Gasteiger partial charge is 0.296 e. The van der Waals surface area contributed by atoms with E-state index in [2.05, 4.69) is 5.32 Å². The maximum atomic E-state index is 13.4. The summed E-state index contributed by atoms with van der Waals surface area (Å²) in [6.45, 7) is 0. The molecule has 1 aliphatic heterocycles. The molecule has 1 aliphatic rings. The first-order chi connectivity index (χ1) is 7.58. The van der Waals surface area contributed by atoms with Gasteiger partial charge in [0.2, 0.25) is 11.8 Å². The highest BCUT2D eigenvalue weighted by atomic mass is 35.5. The molecule has 0 saturated carbocycles. The Morgan fingerprint density at radius 1 is 1.44 bits per heavy atom. The van der Waals surface area contributed by atoms with Crippen LogP contribution in [0.1, 0.15) is 12.0 Å². The Balaban J connectivity index is 2.21. The molecule has 1 atom stereocenters. The molecule has 2 rings (SSSR count). The first-order valence-electron chi connectivity index (χ1n) is 4.84. The van der Waals surface area contributed by atoms with Gasteiger partial charge in [0.1, 0.15) is 5.82 Å². The van der Waals surface area contributed by atoms with E-state index in [0.29, 0.717) is 5.56 Å². The highest BCUT2D eigenvalue weighted by Crippen LogP contribution is 2.25. The van der Waals surface area contributed by atoms with Crippen molar-refractivity contribution in [1.82, 2.24) is 5.32 Å². The monoisotopic (exact) mass is 241 g/mol. The van der Waals surface area contributed by atoms with Crippen LogP contribution < -0.4 is 5.32 Å². The second-order valence-corrected chi connectivity index (χ2v) is 4.13. The zero-order valence-corrected chi connectivity index (χ0v) is 9.05. The number of amides is 2. The van der Waals surface area contributed by atoms with Crippen molar-refractivity contribution in [2.45, 2.75) is 12.8 Å². The van der Waals surface area contributed by atoms with Crippen LogP contribution in [0, 0.1) is 11.7 Å². The molecule has 0 bridgehead atoms. The predicted molar refractivity (Wildman–Crippen MR) is 56.4 cm³/mol. The lowest BCUT2D eigenvalue weighted by Gasteiger charge is -2.08. The maximum absolute atomic E-state index is 13.4. The average molecular weight is 242 g/mol. The van der Waals surface area contributed by atoms with Crippen LogP contribution in [0.5, 0.6) is 0 Å². The fourth-order valence-corrected chi connectivity index (χ4v) is 1.99. The van der Waals surface area contributed by atoms with E-state index in [1.54, 1.807) is 6.07 Å². The molecule has 1 saturated heterocycles. The van der Waals surface area contributed by atoms with Crippen LogP contribution >= 0.6 is 11.6 Å². The van der Waals surface area contributed by atoms with E-state index in [-0.39, 0.29) is 29.7 Å². The lowest BCUT2D eigenvalue weighted by atomic mass is 9.97. The molecule has 2 amide bonds. The smallest absolute Gasteiger partial charge is 0.230 e. The Hall–Kier alpha value is -1.42. The summed E-state index contributed by atoms with van der Waals surface area (Å²) in [5.41, 5.74) is 0.291. The number of halogens is 2. The van der Waals surface area contributed by atoms with Gasteiger partial charge in [-0.3, -0.25) is 14.9 Å². The number of hydrogen-bond donors (Lipinski definition) is 1. The quantitative estimate of drug-likeness (QED) is 0.801. The SMILES string of the molecule is O=C1CC(Cc2c(F)cccc2Cl)C(=O)N1. The minimum atomic E-state index is -0.512. The molecule has 1 aromatic rings. The van der Waals surface area contributed by atoms with Crippen LogP contribution in [-0.2, 0) is 16.0 Å². The standard InChI is InChI=1S/C11H9ClFNO2/c12-8-2-1-3-9(13)7(8)4-6-5-10(15)14-11(6)16/h1-3,6H,4-5H2,(H,14,15,16). The van der Waals surface area contributed by atoms with Crippen LogP contribution in [0.25, 0.3) is 0 Å². The molecule has 5 heteroatoms. The maximum Gasteiger partial charge on any atom is 0.230 e. The van der Waals surface area contributed by atoms with Crippen molar-refractivity contribution in [3.8, 4) is 0 Å². The van der Waals surface area contributed by atoms with Crippen LogP contribution in [0.4, 0.5) is 4.39 Å². The summed E-state index contributed by atoms with van der Waals surface area (Å²) in [6, 6.07) is 4.35. The molecule has 1 unspecified atom stereocenters. The fraction of sp³-hybridized carbons (Fsp3) is 0.273. The Labute approximate surface area is 96.6 Å². The Bertz CT molecular complexity index is 441. The van der Waals surface area contributed by atoms with Crippen molar-refractivity contribution in [2.75, 3.05) is 0 Å². The Kier molecular flexibility index (Phi) is 2.92. The summed E-state index contributed by atoms with van der Waals surface area (Å²) in [6.07, 6.45) is 0.257. The second kappa shape index (κ2) is 4.22. The van der Waals surface area contributed by atoms with Gasteiger partial charge in [0.25, 0.3) is 0 Å². The Morgan fingerprint density at radius 3 is 2.75 bits per heavy atom. The van der Waals surface area contributed by atoms with Crippen LogP contribution in [0.2, 0.25) is 5.02 Å². The molecule has 0 radical (unpaired) electrons. The molecule has 0 aromatic heterocycles. The molecule has 0 aliphatic carbocycles. The molecular weight excluding hydrogens is 233 g/mol. The van der Waals surface area contributed by atoms with Crippen LogP contribution in [0.3, 0.4) is 0 Å². The van der Waals surface area contributed by atoms with Gasteiger partial charge in [0.15, 0.2) is 0 Å². The molecule has 1 N–H and O–H groups in total. The highest BCUT2D eigenvalue weighted by molar-refractivity contribution is 6.31. The number of rotatable bonds is 2. The molecule has 84 valence electrons. The van der Waals surface area contributed by atoms with E-state index in [4.69, 9.17) is 11.6 Å². The number of imide groups is 1. The molecule has 0 spiro atoms. The molecule has 1 aromatic carbocycles. The highest BCUT2D eigenvalue weighted by Gasteiger charge is 2.31. The van der Waals surface area contributed by atoms with Gasteiger partial charge in [0.05, 0.1) is 5.92 Å². The van der Waals surface area contributed by atoms with Gasteiger partial charge >= 0.3 is 0 Å². The zero-order valence-electron chi connectivity index (χ0n) is 8.30. The number of carbonyl (C=O) groups is 2. The van der Waals surface area contributed by atoms with Gasteiger partial charge in [-0.25, -0.2) is 4.39 Å². The Morgan fingerprint density at radius 2 is 2.19 bits per heavy atom. The van der Waals surface area contributed by atoms with E-state index >= 15 is 0 Å². The van der Waals surface area contributed by atoms with Crippen LogP contribution in [0.15, 0.2) is 18.2 Å². The van der Waals surface area contributed by atoms with Crippen molar-refractivity contribution in [1.29, 1.82) is 0 Å². The summed E-state index contributed by atoms with van der Waals surface area (Å²) in [7, 11) is 0. The van der Waals surface area contributed by atoms with Gasteiger partial charge in [-0.1, -0.05) is 17.7 Å².